The third kappa shape index (κ3) is 8.86. The van der Waals surface area contributed by atoms with Crippen LogP contribution in [0.4, 0.5) is 0 Å². The van der Waals surface area contributed by atoms with Crippen molar-refractivity contribution >= 4 is 58.4 Å². The molecule has 2 heterocycles. The smallest absolute Gasteiger partial charge is 0.335 e. The molecule has 1 aliphatic heterocycles. The van der Waals surface area contributed by atoms with Gasteiger partial charge in [-0.1, -0.05) is 78.3 Å². The zero-order chi connectivity index (χ0) is 37.2. The maximum Gasteiger partial charge on any atom is 0.335 e. The van der Waals surface area contributed by atoms with Gasteiger partial charge in [-0.25, -0.2) is 9.78 Å². The van der Waals surface area contributed by atoms with E-state index in [9.17, 15) is 35.1 Å². The van der Waals surface area contributed by atoms with Crippen molar-refractivity contribution in [1.82, 2.24) is 4.98 Å². The molecule has 4 aromatic rings. The number of ether oxygens (including phenoxy) is 2. The number of pyridine rings is 1. The van der Waals surface area contributed by atoms with Gasteiger partial charge in [-0.05, 0) is 92.0 Å². The Labute approximate surface area is 311 Å². The molecule has 274 valence electrons. The van der Waals surface area contributed by atoms with Gasteiger partial charge in [0.1, 0.15) is 23.6 Å². The second-order valence-corrected chi connectivity index (χ2v) is 15.6. The van der Waals surface area contributed by atoms with Crippen LogP contribution in [0.5, 0.6) is 0 Å². The minimum absolute atomic E-state index is 0.130. The van der Waals surface area contributed by atoms with E-state index < -0.39 is 53.5 Å². The lowest BCUT2D eigenvalue weighted by atomic mass is 9.89. The number of aliphatic hydroxyl groups excluding tert-OH is 3. The molecule has 3 unspecified atom stereocenters. The van der Waals surface area contributed by atoms with E-state index in [0.29, 0.717) is 17.9 Å². The van der Waals surface area contributed by atoms with E-state index in [1.54, 1.807) is 13.8 Å². The molecule has 1 aromatic heterocycles. The van der Waals surface area contributed by atoms with E-state index in [1.807, 2.05) is 84.9 Å². The number of carbonyl (C=O) groups is 2. The predicted molar refractivity (Wildman–Crippen MR) is 200 cm³/mol. The van der Waals surface area contributed by atoms with Crippen molar-refractivity contribution in [2.75, 3.05) is 0 Å². The number of rotatable bonds is 14. The van der Waals surface area contributed by atoms with E-state index in [-0.39, 0.29) is 11.2 Å². The molecule has 0 radical (unpaired) electrons. The predicted octanol–water partition coefficient (Wildman–Crippen LogP) is 6.47. The Morgan fingerprint density at radius 3 is 2.44 bits per heavy atom. The summed E-state index contributed by atoms with van der Waals surface area (Å²) < 4.78 is 11.6. The maximum absolute atomic E-state index is 12.4. The summed E-state index contributed by atoms with van der Waals surface area (Å²) in [6, 6.07) is 25.2. The summed E-state index contributed by atoms with van der Waals surface area (Å²) in [7, 11) is 0. The first-order chi connectivity index (χ1) is 24.8. The van der Waals surface area contributed by atoms with Crippen LogP contribution in [0.2, 0.25) is 5.02 Å². The minimum atomic E-state index is -1.83. The number of hydrogen-bond acceptors (Lipinski definition) is 9. The number of aryl methyl sites for hydroxylation is 1. The van der Waals surface area contributed by atoms with Crippen molar-refractivity contribution in [2.24, 2.45) is 5.92 Å². The van der Waals surface area contributed by atoms with Crippen molar-refractivity contribution in [1.29, 1.82) is 0 Å². The lowest BCUT2D eigenvalue weighted by molar-refractivity contribution is -0.318. The van der Waals surface area contributed by atoms with Crippen LogP contribution in [-0.2, 0) is 31.1 Å². The van der Waals surface area contributed by atoms with Crippen molar-refractivity contribution in [3.8, 4) is 0 Å². The van der Waals surface area contributed by atoms with Crippen molar-refractivity contribution < 1.29 is 44.6 Å². The zero-order valence-electron chi connectivity index (χ0n) is 28.7. The number of halogens is 1. The molecular formula is C40H42ClNO9S. The molecule has 0 amide bonds. The number of aliphatic carboxylic acids is 2. The van der Waals surface area contributed by atoms with Crippen LogP contribution in [0.25, 0.3) is 23.1 Å². The van der Waals surface area contributed by atoms with Gasteiger partial charge >= 0.3 is 11.9 Å². The van der Waals surface area contributed by atoms with E-state index in [2.05, 4.69) is 6.07 Å². The number of thioether (sulfide) groups is 1. The number of fused-ring (bicyclic) bond motifs is 1. The van der Waals surface area contributed by atoms with Crippen LogP contribution >= 0.6 is 23.4 Å². The van der Waals surface area contributed by atoms with Crippen LogP contribution in [0.15, 0.2) is 78.9 Å². The van der Waals surface area contributed by atoms with Crippen molar-refractivity contribution in [3.05, 3.63) is 112 Å². The van der Waals surface area contributed by atoms with Gasteiger partial charge in [-0.15, -0.1) is 11.8 Å². The van der Waals surface area contributed by atoms with Gasteiger partial charge in [0.15, 0.2) is 12.4 Å². The molecule has 0 bridgehead atoms. The number of benzene rings is 3. The Kier molecular flexibility index (Phi) is 11.7. The Bertz CT molecular complexity index is 1950. The maximum atomic E-state index is 12.4. The summed E-state index contributed by atoms with van der Waals surface area (Å²) in [4.78, 5) is 28.8. The molecule has 1 aliphatic carbocycles. The summed E-state index contributed by atoms with van der Waals surface area (Å²) in [6.07, 6.45) is -1.76. The van der Waals surface area contributed by atoms with Gasteiger partial charge in [-0.2, -0.15) is 0 Å². The molecule has 6 rings (SSSR count). The molecule has 2 aliphatic rings. The van der Waals surface area contributed by atoms with Crippen LogP contribution in [-0.4, -0.2) is 78.4 Å². The summed E-state index contributed by atoms with van der Waals surface area (Å²) in [5.74, 6) is -2.18. The Morgan fingerprint density at radius 1 is 0.962 bits per heavy atom. The monoisotopic (exact) mass is 747 g/mol. The number of carboxylic acids is 2. The van der Waals surface area contributed by atoms with E-state index in [0.717, 1.165) is 51.7 Å². The molecule has 52 heavy (non-hydrogen) atoms. The van der Waals surface area contributed by atoms with E-state index in [1.165, 1.54) is 11.8 Å². The summed E-state index contributed by atoms with van der Waals surface area (Å²) in [5.41, 5.74) is 4.06. The third-order valence-electron chi connectivity index (χ3n) is 9.57. The fraction of sp³-hybridized carbons (Fsp3) is 0.375. The molecular weight excluding hydrogens is 706 g/mol. The lowest BCUT2D eigenvalue weighted by Gasteiger charge is -2.42. The SMILES string of the molecule is CC(C)(O[C@@H]1O[C@H](C(=O)O)[C@@H](O)C(O)C1O)c1ccccc1CC[C@@H](SC(C(=O)O)C1CC1)c1cccc(/C=C/c2ccc3ccc(Cl)cc3n2)c1. The summed E-state index contributed by atoms with van der Waals surface area (Å²) in [6.45, 7) is 3.51. The average molecular weight is 748 g/mol. The molecule has 12 heteroatoms. The quantitative estimate of drug-likeness (QED) is 0.0959. The normalized spacial score (nSPS) is 23.5. The number of hydrogen-bond donors (Lipinski definition) is 5. The first kappa shape index (κ1) is 37.9. The number of nitrogens with zero attached hydrogens (tertiary/aromatic N) is 1. The Balaban J connectivity index is 1.23. The summed E-state index contributed by atoms with van der Waals surface area (Å²) in [5, 5.41) is 51.7. The van der Waals surface area contributed by atoms with E-state index in [4.69, 9.17) is 26.1 Å². The fourth-order valence-corrected chi connectivity index (χ4v) is 8.31. The molecule has 0 spiro atoms. The largest absolute Gasteiger partial charge is 0.480 e. The van der Waals surface area contributed by atoms with Crippen LogP contribution in [0, 0.1) is 5.92 Å². The topological polar surface area (TPSA) is 167 Å². The highest BCUT2D eigenvalue weighted by molar-refractivity contribution is 8.00. The Morgan fingerprint density at radius 2 is 1.71 bits per heavy atom. The van der Waals surface area contributed by atoms with Gasteiger partial charge in [-0.3, -0.25) is 4.79 Å². The minimum Gasteiger partial charge on any atom is -0.480 e. The van der Waals surface area contributed by atoms with Crippen LogP contribution in [0.3, 0.4) is 0 Å². The highest BCUT2D eigenvalue weighted by Crippen LogP contribution is 2.46. The van der Waals surface area contributed by atoms with Gasteiger partial charge in [0.2, 0.25) is 0 Å². The molecule has 3 aromatic carbocycles. The van der Waals surface area contributed by atoms with Gasteiger partial charge < -0.3 is 35.0 Å². The number of aliphatic hydroxyl groups is 3. The fourth-order valence-electron chi connectivity index (χ4n) is 6.62. The average Bonchev–Trinajstić information content (AvgIpc) is 3.96. The summed E-state index contributed by atoms with van der Waals surface area (Å²) >= 11 is 7.66. The van der Waals surface area contributed by atoms with Crippen LogP contribution < -0.4 is 0 Å². The zero-order valence-corrected chi connectivity index (χ0v) is 30.3. The van der Waals surface area contributed by atoms with Gasteiger partial charge in [0.05, 0.1) is 16.8 Å². The number of aromatic nitrogens is 1. The van der Waals surface area contributed by atoms with Crippen molar-refractivity contribution in [3.63, 3.8) is 0 Å². The number of carboxylic acid groups (broad SMARTS) is 2. The second kappa shape index (κ2) is 16.1. The van der Waals surface area contributed by atoms with E-state index >= 15 is 0 Å². The molecule has 5 N–H and O–H groups in total. The molecule has 10 nitrogen and oxygen atoms in total. The first-order valence-corrected chi connectivity index (χ1v) is 18.5. The van der Waals surface area contributed by atoms with Crippen molar-refractivity contribution in [2.45, 2.75) is 86.3 Å². The highest BCUT2D eigenvalue weighted by atomic mass is 35.5. The lowest BCUT2D eigenvalue weighted by Crippen LogP contribution is -2.61. The van der Waals surface area contributed by atoms with Crippen LogP contribution in [0.1, 0.15) is 66.3 Å². The van der Waals surface area contributed by atoms with Gasteiger partial charge in [0, 0.05) is 15.7 Å². The molecule has 2 fully saturated rings. The molecule has 7 atom stereocenters. The third-order valence-corrected chi connectivity index (χ3v) is 11.5. The molecule has 1 saturated carbocycles. The first-order valence-electron chi connectivity index (χ1n) is 17.2. The molecule has 1 saturated heterocycles. The van der Waals surface area contributed by atoms with Gasteiger partial charge in [0.25, 0.3) is 0 Å². The highest BCUT2D eigenvalue weighted by Gasteiger charge is 2.49. The Hall–Kier alpha value is -3.81. The second-order valence-electron chi connectivity index (χ2n) is 13.9. The standard InChI is InChI=1S/C40H42ClNO9S/c1-40(2,51-39-34(45)32(43)33(44)35(50-39)37(46)47)29-9-4-3-7-23(29)15-19-31(52-36(38(48)49)25-11-12-25)26-8-5-6-22(20-26)10-17-28-18-14-24-13-16-27(41)21-30(24)42-28/h3-10,13-14,16-18,20-21,25,31-36,39,43-45H,11-12,15,19H2,1-2H3,(H,46,47)(H,48,49)/b17-10+/t31-,32?,33+,34?,35+,36?,39+/m1/s1.